The zero-order valence-electron chi connectivity index (χ0n) is 18.4. The average molecular weight is 664 g/mol. The smallest absolute Gasteiger partial charge is 0.457 e. The van der Waals surface area contributed by atoms with Gasteiger partial charge in [0.1, 0.15) is 11.0 Å². The maximum absolute atomic E-state index is 8.25. The third-order valence-corrected chi connectivity index (χ3v) is 3.05. The predicted molar refractivity (Wildman–Crippen MR) is 126 cm³/mol. The maximum atomic E-state index is 8.25. The number of rotatable bonds is 0. The maximum Gasteiger partial charge on any atom is 2.00 e. The number of hydrogen-bond donors (Lipinski definition) is 0. The summed E-state index contributed by atoms with van der Waals surface area (Å²) in [7, 11) is 0. The molecule has 0 bridgehead atoms. The van der Waals surface area contributed by atoms with Crippen LogP contribution in [0.3, 0.4) is 0 Å². The van der Waals surface area contributed by atoms with E-state index in [4.69, 9.17) is 61.3 Å². The molecule has 0 amide bonds. The standard InChI is InChI=1S/C14H8N4.2Cu.4NO3.3H2O/c1-3-9-10-4-2-6-16-12(10)14-13(11(9)15-5-1)17-7-8-18-14;;;4*2-1(3)4;;;/h1-8H;;;;;;;3*1H2/q;2*+2;4*-1;;;/p+3. The molecule has 0 aliphatic heterocycles. The predicted octanol–water partition coefficient (Wildman–Crippen LogP) is -1.00. The number of benzene rings is 1. The molecule has 3 heterocycles. The van der Waals surface area contributed by atoms with Gasteiger partial charge in [0.05, 0.1) is 31.4 Å². The summed E-state index contributed by atoms with van der Waals surface area (Å²) in [5.41, 5.74) is 3.36. The van der Waals surface area contributed by atoms with Crippen molar-refractivity contribution in [2.24, 2.45) is 0 Å². The van der Waals surface area contributed by atoms with E-state index in [1.54, 1.807) is 24.8 Å². The summed E-state index contributed by atoms with van der Waals surface area (Å²) in [6.45, 7) is 0. The molecule has 23 nitrogen and oxygen atoms in total. The van der Waals surface area contributed by atoms with Gasteiger partial charge in [-0.25, -0.2) is 0 Å². The molecule has 39 heavy (non-hydrogen) atoms. The second-order valence-electron chi connectivity index (χ2n) is 4.95. The Morgan fingerprint density at radius 3 is 0.872 bits per heavy atom. The van der Waals surface area contributed by atoms with E-state index in [2.05, 4.69) is 19.9 Å². The molecular weight excluding hydrogens is 647 g/mol. The fourth-order valence-corrected chi connectivity index (χ4v) is 2.31. The van der Waals surface area contributed by atoms with E-state index in [1.165, 1.54) is 0 Å². The molecule has 9 N–H and O–H groups in total. The van der Waals surface area contributed by atoms with E-state index in [-0.39, 0.29) is 50.6 Å². The van der Waals surface area contributed by atoms with Gasteiger partial charge in [0.15, 0.2) is 0 Å². The zero-order chi connectivity index (χ0) is 26.3. The minimum atomic E-state index is -1.75. The van der Waals surface area contributed by atoms with Crippen LogP contribution in [-0.2, 0) is 50.6 Å². The van der Waals surface area contributed by atoms with Gasteiger partial charge < -0.3 is 77.7 Å². The van der Waals surface area contributed by atoms with Crippen molar-refractivity contribution < 1.29 is 70.9 Å². The summed E-state index contributed by atoms with van der Waals surface area (Å²) < 4.78 is 0. The average Bonchev–Trinajstić information content (AvgIpc) is 2.72. The summed E-state index contributed by atoms with van der Waals surface area (Å²) in [5.74, 6) is 0. The first-order valence-corrected chi connectivity index (χ1v) is 7.86. The van der Waals surface area contributed by atoms with E-state index in [0.717, 1.165) is 32.8 Å². The monoisotopic (exact) mass is 663 g/mol. The fourth-order valence-electron chi connectivity index (χ4n) is 2.31. The van der Waals surface area contributed by atoms with Gasteiger partial charge in [-0.1, -0.05) is 12.1 Å². The molecular formula is C14H17Cu2N8O15+3. The molecule has 0 aliphatic rings. The molecule has 0 atom stereocenters. The van der Waals surface area contributed by atoms with Crippen molar-refractivity contribution in [3.8, 4) is 0 Å². The van der Waals surface area contributed by atoms with Crippen LogP contribution in [0.15, 0.2) is 49.1 Å². The van der Waals surface area contributed by atoms with Crippen LogP contribution in [0.25, 0.3) is 32.8 Å². The Hall–Kier alpha value is -4.90. The Balaban J connectivity index is -0.000000111. The molecule has 0 aliphatic carbocycles. The quantitative estimate of drug-likeness (QED) is 0.0714. The van der Waals surface area contributed by atoms with Crippen LogP contribution >= 0.6 is 0 Å². The largest absolute Gasteiger partial charge is 2.00 e. The summed E-state index contributed by atoms with van der Waals surface area (Å²) >= 11 is 0. The summed E-state index contributed by atoms with van der Waals surface area (Å²) in [5, 5.41) is 61.1. The van der Waals surface area contributed by atoms with Gasteiger partial charge >= 0.3 is 34.1 Å². The van der Waals surface area contributed by atoms with Crippen LogP contribution in [0.5, 0.6) is 0 Å². The molecule has 0 unspecified atom stereocenters. The van der Waals surface area contributed by atoms with Gasteiger partial charge in [-0.2, -0.15) is 0 Å². The Morgan fingerprint density at radius 1 is 0.436 bits per heavy atom. The Morgan fingerprint density at radius 2 is 0.641 bits per heavy atom. The second-order valence-corrected chi connectivity index (χ2v) is 4.95. The Bertz CT molecular complexity index is 1020. The summed E-state index contributed by atoms with van der Waals surface area (Å²) in [6.07, 6.45) is 6.92. The minimum Gasteiger partial charge on any atom is -0.457 e. The fraction of sp³-hybridized carbons (Fsp3) is 0. The molecule has 4 aromatic rings. The van der Waals surface area contributed by atoms with Crippen LogP contribution in [0, 0.1) is 61.3 Å². The topological polar surface area (TPSA) is 415 Å². The van der Waals surface area contributed by atoms with Crippen LogP contribution in [-0.4, -0.2) is 40.3 Å². The number of nitrogens with zero attached hydrogens (tertiary/aromatic N) is 8. The van der Waals surface area contributed by atoms with Gasteiger partial charge in [-0.3, -0.25) is 19.9 Å². The molecule has 4 rings (SSSR count). The van der Waals surface area contributed by atoms with Crippen molar-refractivity contribution in [1.29, 1.82) is 0 Å². The van der Waals surface area contributed by atoms with E-state index in [9.17, 15) is 0 Å². The first kappa shape index (κ1) is 47.3. The van der Waals surface area contributed by atoms with Gasteiger partial charge in [-0.05, 0) is 12.1 Å². The number of pyridine rings is 2. The van der Waals surface area contributed by atoms with Crippen molar-refractivity contribution >= 4 is 32.8 Å². The first-order chi connectivity index (χ1) is 15.9. The summed E-state index contributed by atoms with van der Waals surface area (Å²) in [6, 6.07) is 7.94. The minimum absolute atomic E-state index is 0. The SMILES string of the molecule is O=[N+]([O-])[O-].O=[N+]([O-])[O-].O=[N+]([O-])[O-].O=[N+]([O-])[O-].[Cu+2].[Cu+2].[OH3+].[OH3+].[OH3+].c1cnc2c(c1)c1cccnc1c1nccnc21. The number of hydrogen-bond acceptors (Lipinski definition) is 16. The third-order valence-electron chi connectivity index (χ3n) is 3.05. The van der Waals surface area contributed by atoms with Crippen LogP contribution < -0.4 is 0 Å². The first-order valence-electron chi connectivity index (χ1n) is 7.86. The van der Waals surface area contributed by atoms with Gasteiger partial charge in [0.2, 0.25) is 0 Å². The molecule has 0 saturated carbocycles. The van der Waals surface area contributed by atoms with Gasteiger partial charge in [-0.15, -0.1) is 0 Å². The van der Waals surface area contributed by atoms with Gasteiger partial charge in [0, 0.05) is 35.6 Å². The molecule has 2 radical (unpaired) electrons. The van der Waals surface area contributed by atoms with Crippen LogP contribution in [0.4, 0.5) is 0 Å². The van der Waals surface area contributed by atoms with Gasteiger partial charge in [0.25, 0.3) is 0 Å². The van der Waals surface area contributed by atoms with E-state index >= 15 is 0 Å². The Labute approximate surface area is 234 Å². The Kier molecular flexibility index (Phi) is 30.1. The van der Waals surface area contributed by atoms with Crippen molar-refractivity contribution in [2.75, 3.05) is 0 Å². The molecule has 25 heteroatoms. The van der Waals surface area contributed by atoms with Crippen molar-refractivity contribution in [3.63, 3.8) is 0 Å². The van der Waals surface area contributed by atoms with Crippen molar-refractivity contribution in [3.05, 3.63) is 110 Å². The van der Waals surface area contributed by atoms with Crippen molar-refractivity contribution in [2.45, 2.75) is 0 Å². The second kappa shape index (κ2) is 24.8. The van der Waals surface area contributed by atoms with E-state index in [0.29, 0.717) is 0 Å². The molecule has 0 fully saturated rings. The summed E-state index contributed by atoms with van der Waals surface area (Å²) in [4.78, 5) is 50.6. The third kappa shape index (κ3) is 19.9. The normalized spacial score (nSPS) is 7.69. The molecule has 0 spiro atoms. The molecule has 222 valence electrons. The van der Waals surface area contributed by atoms with Crippen molar-refractivity contribution in [1.82, 2.24) is 19.9 Å². The zero-order valence-corrected chi connectivity index (χ0v) is 20.3. The number of aromatic nitrogens is 4. The number of fused-ring (bicyclic) bond motifs is 6. The van der Waals surface area contributed by atoms with Crippen LogP contribution in [0.2, 0.25) is 0 Å². The molecule has 1 aromatic carbocycles. The van der Waals surface area contributed by atoms with Crippen LogP contribution in [0.1, 0.15) is 0 Å². The van der Waals surface area contributed by atoms with E-state index < -0.39 is 20.3 Å². The van der Waals surface area contributed by atoms with E-state index in [1.807, 2.05) is 24.3 Å². The molecule has 0 saturated heterocycles. The molecule has 3 aromatic heterocycles.